The van der Waals surface area contributed by atoms with Crippen LogP contribution in [0.25, 0.3) is 0 Å². The zero-order valence-corrected chi connectivity index (χ0v) is 13.5. The number of amides is 1. The Hall–Kier alpha value is -1.35. The second-order valence-electron chi connectivity index (χ2n) is 5.48. The fraction of sp³-hybridized carbons (Fsp3) is 0.588. The number of rotatable bonds is 9. The lowest BCUT2D eigenvalue weighted by atomic mass is 10.1. The molecule has 1 amide bonds. The Kier molecular flexibility index (Phi) is 10.7. The summed E-state index contributed by atoms with van der Waals surface area (Å²) in [5, 5.41) is 2.74. The van der Waals surface area contributed by atoms with Crippen molar-refractivity contribution in [2.75, 3.05) is 13.1 Å². The molecule has 0 aromatic rings. The molecule has 0 atom stereocenters. The van der Waals surface area contributed by atoms with Crippen LogP contribution in [0.4, 0.5) is 0 Å². The van der Waals surface area contributed by atoms with Crippen LogP contribution >= 0.6 is 0 Å². The van der Waals surface area contributed by atoms with Crippen LogP contribution in [0.5, 0.6) is 0 Å². The summed E-state index contributed by atoms with van der Waals surface area (Å²) in [4.78, 5) is 11.4. The highest BCUT2D eigenvalue weighted by atomic mass is 16.1. The molecule has 0 aliphatic heterocycles. The number of hydrogen-bond donors (Lipinski definition) is 2. The van der Waals surface area contributed by atoms with E-state index in [0.717, 1.165) is 31.3 Å². The number of hydrogen-bond acceptors (Lipinski definition) is 2. The predicted octanol–water partition coefficient (Wildman–Crippen LogP) is 3.48. The van der Waals surface area contributed by atoms with Crippen LogP contribution in [0.15, 0.2) is 34.9 Å². The zero-order valence-electron chi connectivity index (χ0n) is 13.5. The zero-order chi connectivity index (χ0) is 15.4. The first-order valence-electron chi connectivity index (χ1n) is 7.39. The number of nitrogens with one attached hydrogen (secondary N) is 1. The topological polar surface area (TPSA) is 55.1 Å². The monoisotopic (exact) mass is 278 g/mol. The summed E-state index contributed by atoms with van der Waals surface area (Å²) in [5.41, 5.74) is 9.23. The van der Waals surface area contributed by atoms with Crippen molar-refractivity contribution in [2.24, 2.45) is 5.73 Å². The van der Waals surface area contributed by atoms with Gasteiger partial charge in [-0.05, 0) is 53.4 Å². The van der Waals surface area contributed by atoms with Crippen LogP contribution in [0.2, 0.25) is 0 Å². The number of carbonyl (C=O) groups is 1. The van der Waals surface area contributed by atoms with Crippen LogP contribution in [-0.4, -0.2) is 19.0 Å². The van der Waals surface area contributed by atoms with Crippen LogP contribution in [0, 0.1) is 0 Å². The normalized spacial score (nSPS) is 12.2. The molecule has 0 bridgehead atoms. The second-order valence-corrected chi connectivity index (χ2v) is 5.48. The van der Waals surface area contributed by atoms with Crippen molar-refractivity contribution in [1.82, 2.24) is 5.32 Å². The van der Waals surface area contributed by atoms with Gasteiger partial charge in [-0.15, -0.1) is 0 Å². The molecular weight excluding hydrogens is 248 g/mol. The van der Waals surface area contributed by atoms with Crippen molar-refractivity contribution < 1.29 is 4.79 Å². The minimum atomic E-state index is -0.0443. The Bertz CT molecular complexity index is 374. The van der Waals surface area contributed by atoms with E-state index in [2.05, 4.69) is 38.2 Å². The highest BCUT2D eigenvalue weighted by Crippen LogP contribution is 2.11. The molecule has 3 nitrogen and oxygen atoms in total. The third-order valence-corrected chi connectivity index (χ3v) is 2.94. The molecule has 0 aromatic heterocycles. The van der Waals surface area contributed by atoms with Gasteiger partial charge in [0.1, 0.15) is 0 Å². The van der Waals surface area contributed by atoms with E-state index in [1.807, 2.05) is 6.92 Å². The fourth-order valence-corrected chi connectivity index (χ4v) is 1.78. The van der Waals surface area contributed by atoms with Crippen molar-refractivity contribution in [2.45, 2.75) is 53.4 Å². The molecule has 0 fully saturated rings. The molecule has 3 N–H and O–H groups in total. The maximum atomic E-state index is 11.4. The van der Waals surface area contributed by atoms with E-state index in [0.29, 0.717) is 13.1 Å². The van der Waals surface area contributed by atoms with Gasteiger partial charge in [-0.2, -0.15) is 0 Å². The highest BCUT2D eigenvalue weighted by Gasteiger charge is 1.97. The average molecular weight is 278 g/mol. The van der Waals surface area contributed by atoms with Gasteiger partial charge in [-0.3, -0.25) is 4.79 Å². The van der Waals surface area contributed by atoms with Gasteiger partial charge in [-0.1, -0.05) is 28.9 Å². The van der Waals surface area contributed by atoms with Gasteiger partial charge in [-0.25, -0.2) is 0 Å². The molecule has 0 aromatic carbocycles. The minimum absolute atomic E-state index is 0.0443. The standard InChI is InChI=1S/C17H30N2O/c1-14(2)7-5-8-15(3)9-6-10-16(4)13-17(20)19-12-11-18/h7,9,13H,5-6,8,10-12,18H2,1-4H3,(H,19,20). The van der Waals surface area contributed by atoms with Crippen LogP contribution in [-0.2, 0) is 4.79 Å². The Balaban J connectivity index is 3.99. The molecule has 0 saturated carbocycles. The Labute approximate surface area is 124 Å². The minimum Gasteiger partial charge on any atom is -0.351 e. The fourth-order valence-electron chi connectivity index (χ4n) is 1.78. The van der Waals surface area contributed by atoms with E-state index in [1.165, 1.54) is 11.1 Å². The molecule has 0 spiro atoms. The van der Waals surface area contributed by atoms with Crippen LogP contribution in [0.1, 0.15) is 53.4 Å². The molecule has 0 heterocycles. The number of allylic oxidation sites excluding steroid dienone is 5. The molecule has 3 heteroatoms. The van der Waals surface area contributed by atoms with Gasteiger partial charge in [0.2, 0.25) is 5.91 Å². The SMILES string of the molecule is CC(C)=CCCC(C)=CCCC(C)=CC(=O)NCCN. The van der Waals surface area contributed by atoms with E-state index < -0.39 is 0 Å². The van der Waals surface area contributed by atoms with Gasteiger partial charge >= 0.3 is 0 Å². The van der Waals surface area contributed by atoms with E-state index in [-0.39, 0.29) is 5.91 Å². The predicted molar refractivity (Wildman–Crippen MR) is 87.5 cm³/mol. The molecule has 0 saturated heterocycles. The van der Waals surface area contributed by atoms with Gasteiger partial charge in [0, 0.05) is 19.2 Å². The van der Waals surface area contributed by atoms with E-state index in [1.54, 1.807) is 6.08 Å². The van der Waals surface area contributed by atoms with E-state index in [9.17, 15) is 4.79 Å². The first-order chi connectivity index (χ1) is 9.45. The summed E-state index contributed by atoms with van der Waals surface area (Å²) in [6, 6.07) is 0. The molecule has 0 radical (unpaired) electrons. The molecular formula is C17H30N2O. The molecule has 0 rings (SSSR count). The van der Waals surface area contributed by atoms with Gasteiger partial charge in [0.05, 0.1) is 0 Å². The number of nitrogens with two attached hydrogens (primary N) is 1. The lowest BCUT2D eigenvalue weighted by molar-refractivity contribution is -0.116. The third-order valence-electron chi connectivity index (χ3n) is 2.94. The largest absolute Gasteiger partial charge is 0.351 e. The summed E-state index contributed by atoms with van der Waals surface area (Å²) < 4.78 is 0. The third kappa shape index (κ3) is 11.7. The smallest absolute Gasteiger partial charge is 0.243 e. The van der Waals surface area contributed by atoms with Crippen LogP contribution in [0.3, 0.4) is 0 Å². The maximum Gasteiger partial charge on any atom is 0.243 e. The van der Waals surface area contributed by atoms with E-state index >= 15 is 0 Å². The van der Waals surface area contributed by atoms with Gasteiger partial charge < -0.3 is 11.1 Å². The lowest BCUT2D eigenvalue weighted by Crippen LogP contribution is -2.27. The van der Waals surface area contributed by atoms with Crippen molar-refractivity contribution in [1.29, 1.82) is 0 Å². The Morgan fingerprint density at radius 3 is 2.20 bits per heavy atom. The van der Waals surface area contributed by atoms with Crippen LogP contribution < -0.4 is 11.1 Å². The molecule has 20 heavy (non-hydrogen) atoms. The Morgan fingerprint density at radius 2 is 1.60 bits per heavy atom. The molecule has 0 aliphatic carbocycles. The summed E-state index contributed by atoms with van der Waals surface area (Å²) >= 11 is 0. The van der Waals surface area contributed by atoms with Crippen molar-refractivity contribution in [3.05, 3.63) is 34.9 Å². The molecule has 0 aliphatic rings. The summed E-state index contributed by atoms with van der Waals surface area (Å²) in [7, 11) is 0. The molecule has 0 unspecified atom stereocenters. The molecule has 114 valence electrons. The Morgan fingerprint density at radius 1 is 1.00 bits per heavy atom. The first-order valence-corrected chi connectivity index (χ1v) is 7.39. The van der Waals surface area contributed by atoms with Crippen molar-refractivity contribution in [3.8, 4) is 0 Å². The van der Waals surface area contributed by atoms with E-state index in [4.69, 9.17) is 5.73 Å². The summed E-state index contributed by atoms with van der Waals surface area (Å²) in [6.45, 7) is 9.43. The number of carbonyl (C=O) groups excluding carboxylic acids is 1. The lowest BCUT2D eigenvalue weighted by Gasteiger charge is -2.02. The van der Waals surface area contributed by atoms with Gasteiger partial charge in [0.15, 0.2) is 0 Å². The van der Waals surface area contributed by atoms with Crippen molar-refractivity contribution in [3.63, 3.8) is 0 Å². The van der Waals surface area contributed by atoms with Crippen molar-refractivity contribution >= 4 is 5.91 Å². The quantitative estimate of drug-likeness (QED) is 0.501. The maximum absolute atomic E-state index is 11.4. The van der Waals surface area contributed by atoms with Gasteiger partial charge in [0.25, 0.3) is 0 Å². The second kappa shape index (κ2) is 11.5. The summed E-state index contributed by atoms with van der Waals surface area (Å²) in [6.07, 6.45) is 10.4. The summed E-state index contributed by atoms with van der Waals surface area (Å²) in [5.74, 6) is -0.0443. The average Bonchev–Trinajstić information content (AvgIpc) is 2.35. The first kappa shape index (κ1) is 18.7. The highest BCUT2D eigenvalue weighted by molar-refractivity contribution is 5.88.